The molecule has 1 aromatic heterocycles. The summed E-state index contributed by atoms with van der Waals surface area (Å²) in [6.45, 7) is 4.87. The number of carbonyl (C=O) groups excluding carboxylic acids is 1. The van der Waals surface area contributed by atoms with Crippen molar-refractivity contribution in [1.29, 1.82) is 0 Å². The Balaban J connectivity index is 1.70. The van der Waals surface area contributed by atoms with Crippen LogP contribution in [0.2, 0.25) is 0 Å². The lowest BCUT2D eigenvalue weighted by Crippen LogP contribution is -2.28. The van der Waals surface area contributed by atoms with E-state index in [0.29, 0.717) is 17.1 Å². The molecule has 0 unspecified atom stereocenters. The molecular weight excluding hydrogens is 397 g/mol. The summed E-state index contributed by atoms with van der Waals surface area (Å²) >= 11 is 1.42. The van der Waals surface area contributed by atoms with Gasteiger partial charge in [-0.25, -0.2) is 9.37 Å². The summed E-state index contributed by atoms with van der Waals surface area (Å²) < 4.78 is 13.2. The molecule has 158 valence electrons. The second-order valence-corrected chi connectivity index (χ2v) is 8.44. The van der Waals surface area contributed by atoms with Gasteiger partial charge in [0.2, 0.25) is 0 Å². The molecule has 0 fully saturated rings. The molecule has 0 spiro atoms. The van der Waals surface area contributed by atoms with Gasteiger partial charge in [-0.3, -0.25) is 4.79 Å². The number of benzene rings is 2. The molecule has 1 N–H and O–H groups in total. The lowest BCUT2D eigenvalue weighted by Gasteiger charge is -2.16. The van der Waals surface area contributed by atoms with Crippen molar-refractivity contribution in [3.63, 3.8) is 0 Å². The number of nitrogens with zero attached hydrogens (tertiary/aromatic N) is 2. The van der Waals surface area contributed by atoms with Crippen molar-refractivity contribution in [3.8, 4) is 0 Å². The van der Waals surface area contributed by atoms with E-state index in [2.05, 4.69) is 29.2 Å². The molecule has 4 nitrogen and oxygen atoms in total. The van der Waals surface area contributed by atoms with Crippen LogP contribution in [0.3, 0.4) is 0 Å². The molecule has 0 atom stereocenters. The van der Waals surface area contributed by atoms with Gasteiger partial charge >= 0.3 is 0 Å². The van der Waals surface area contributed by atoms with Crippen molar-refractivity contribution >= 4 is 28.6 Å². The Bertz CT molecular complexity index is 978. The Hall–Kier alpha value is -2.44. The van der Waals surface area contributed by atoms with Crippen molar-refractivity contribution in [3.05, 3.63) is 66.0 Å². The summed E-state index contributed by atoms with van der Waals surface area (Å²) in [5.41, 5.74) is 1.39. The maximum atomic E-state index is 13.2. The summed E-state index contributed by atoms with van der Waals surface area (Å²) in [7, 11) is 2.12. The highest BCUT2D eigenvalue weighted by atomic mass is 32.2. The second-order valence-electron chi connectivity index (χ2n) is 7.35. The van der Waals surface area contributed by atoms with Crippen LogP contribution in [0.1, 0.15) is 36.5 Å². The van der Waals surface area contributed by atoms with Gasteiger partial charge in [0.15, 0.2) is 0 Å². The monoisotopic (exact) mass is 425 g/mol. The van der Waals surface area contributed by atoms with Gasteiger partial charge in [-0.2, -0.15) is 0 Å². The van der Waals surface area contributed by atoms with E-state index in [1.807, 2.05) is 30.3 Å². The number of hydrogen-bond donors (Lipinski definition) is 1. The van der Waals surface area contributed by atoms with Crippen LogP contribution in [-0.2, 0) is 0 Å². The average Bonchev–Trinajstić information content (AvgIpc) is 2.76. The number of nitrogens with one attached hydrogen (secondary N) is 1. The molecule has 3 rings (SSSR count). The zero-order valence-corrected chi connectivity index (χ0v) is 18.3. The number of para-hydroxylation sites is 1. The molecule has 2 aromatic carbocycles. The van der Waals surface area contributed by atoms with Gasteiger partial charge in [0.25, 0.3) is 5.91 Å². The quantitative estimate of drug-likeness (QED) is 0.443. The van der Waals surface area contributed by atoms with Gasteiger partial charge < -0.3 is 10.2 Å². The predicted octanol–water partition coefficient (Wildman–Crippen LogP) is 5.38. The van der Waals surface area contributed by atoms with E-state index < -0.39 is 0 Å². The molecule has 1 amide bonds. The fourth-order valence-corrected chi connectivity index (χ4v) is 4.04. The Kier molecular flexibility index (Phi) is 8.22. The van der Waals surface area contributed by atoms with E-state index in [4.69, 9.17) is 0 Å². The highest BCUT2D eigenvalue weighted by Gasteiger charge is 2.13. The molecule has 0 saturated heterocycles. The smallest absolute Gasteiger partial charge is 0.252 e. The van der Waals surface area contributed by atoms with Gasteiger partial charge in [-0.05, 0) is 69.4 Å². The van der Waals surface area contributed by atoms with Crippen LogP contribution in [0.15, 0.2) is 64.5 Å². The number of amides is 1. The Labute approximate surface area is 181 Å². The molecule has 0 aliphatic heterocycles. The average molecular weight is 426 g/mol. The van der Waals surface area contributed by atoms with Crippen molar-refractivity contribution < 1.29 is 9.18 Å². The minimum atomic E-state index is -0.272. The lowest BCUT2D eigenvalue weighted by atomic mass is 10.1. The van der Waals surface area contributed by atoms with Crippen LogP contribution in [0.5, 0.6) is 0 Å². The number of aromatic nitrogens is 1. The van der Waals surface area contributed by atoms with Gasteiger partial charge in [0.1, 0.15) is 10.8 Å². The molecule has 0 bridgehead atoms. The second kappa shape index (κ2) is 11.1. The summed E-state index contributed by atoms with van der Waals surface area (Å²) in [4.78, 5) is 20.8. The first-order valence-corrected chi connectivity index (χ1v) is 11.2. The third-order valence-electron chi connectivity index (χ3n) is 4.87. The summed E-state index contributed by atoms with van der Waals surface area (Å²) in [5.74, 6) is -0.364. The predicted molar refractivity (Wildman–Crippen MR) is 122 cm³/mol. The topological polar surface area (TPSA) is 45.2 Å². The highest BCUT2D eigenvalue weighted by Crippen LogP contribution is 2.29. The maximum Gasteiger partial charge on any atom is 0.252 e. The van der Waals surface area contributed by atoms with Gasteiger partial charge in [0.05, 0.1) is 11.1 Å². The van der Waals surface area contributed by atoms with Crippen molar-refractivity contribution in [2.24, 2.45) is 0 Å². The first kappa shape index (κ1) is 22.2. The zero-order valence-electron chi connectivity index (χ0n) is 17.5. The minimum absolute atomic E-state index is 0.0919. The van der Waals surface area contributed by atoms with E-state index in [-0.39, 0.29) is 11.7 Å². The van der Waals surface area contributed by atoms with Crippen LogP contribution in [0.4, 0.5) is 4.39 Å². The highest BCUT2D eigenvalue weighted by molar-refractivity contribution is 7.99. The largest absolute Gasteiger partial charge is 0.352 e. The standard InChI is InChI=1S/C24H28FN3OS/c1-3-4-15-28(2)16-7-14-26-24(29)21-17-23(27-22-9-6-5-8-20(21)22)30-19-12-10-18(25)11-13-19/h5-6,8-13,17H,3-4,7,14-16H2,1-2H3,(H,26,29). The van der Waals surface area contributed by atoms with E-state index in [0.717, 1.165) is 35.3 Å². The fraction of sp³-hybridized carbons (Fsp3) is 0.333. The molecular formula is C24H28FN3OS. The van der Waals surface area contributed by atoms with E-state index >= 15 is 0 Å². The SMILES string of the molecule is CCCCN(C)CCCNC(=O)c1cc(Sc2ccc(F)cc2)nc2ccccc12. The Morgan fingerprint density at radius 1 is 1.10 bits per heavy atom. The third-order valence-corrected chi connectivity index (χ3v) is 5.80. The molecule has 0 aliphatic carbocycles. The molecule has 6 heteroatoms. The van der Waals surface area contributed by atoms with Crippen LogP contribution in [-0.4, -0.2) is 42.5 Å². The molecule has 0 aliphatic rings. The molecule has 0 radical (unpaired) electrons. The maximum absolute atomic E-state index is 13.2. The minimum Gasteiger partial charge on any atom is -0.352 e. The molecule has 0 saturated carbocycles. The van der Waals surface area contributed by atoms with Crippen molar-refractivity contribution in [2.45, 2.75) is 36.1 Å². The van der Waals surface area contributed by atoms with Crippen LogP contribution < -0.4 is 5.32 Å². The normalized spacial score (nSPS) is 11.2. The number of halogens is 1. The number of rotatable bonds is 10. The lowest BCUT2D eigenvalue weighted by molar-refractivity contribution is 0.0953. The van der Waals surface area contributed by atoms with E-state index in [1.165, 1.54) is 36.7 Å². The number of fused-ring (bicyclic) bond motifs is 1. The van der Waals surface area contributed by atoms with Gasteiger partial charge in [-0.1, -0.05) is 43.3 Å². The van der Waals surface area contributed by atoms with Crippen LogP contribution in [0, 0.1) is 5.82 Å². The summed E-state index contributed by atoms with van der Waals surface area (Å²) in [6, 6.07) is 15.7. The van der Waals surface area contributed by atoms with Crippen molar-refractivity contribution in [1.82, 2.24) is 15.2 Å². The summed E-state index contributed by atoms with van der Waals surface area (Å²) in [6.07, 6.45) is 3.29. The summed E-state index contributed by atoms with van der Waals surface area (Å²) in [5, 5.41) is 4.59. The number of pyridine rings is 1. The first-order valence-electron chi connectivity index (χ1n) is 10.4. The first-order chi connectivity index (χ1) is 14.6. The van der Waals surface area contributed by atoms with E-state index in [1.54, 1.807) is 12.1 Å². The number of unbranched alkanes of at least 4 members (excludes halogenated alkanes) is 1. The molecule has 30 heavy (non-hydrogen) atoms. The number of hydrogen-bond acceptors (Lipinski definition) is 4. The van der Waals surface area contributed by atoms with Gasteiger partial charge in [0, 0.05) is 16.8 Å². The van der Waals surface area contributed by atoms with Gasteiger partial charge in [-0.15, -0.1) is 0 Å². The molecule has 1 heterocycles. The van der Waals surface area contributed by atoms with E-state index in [9.17, 15) is 9.18 Å². The fourth-order valence-electron chi connectivity index (χ4n) is 3.20. The Morgan fingerprint density at radius 2 is 1.83 bits per heavy atom. The van der Waals surface area contributed by atoms with Crippen LogP contribution in [0.25, 0.3) is 10.9 Å². The zero-order chi connectivity index (χ0) is 21.3. The Morgan fingerprint density at radius 3 is 2.60 bits per heavy atom. The van der Waals surface area contributed by atoms with Crippen LogP contribution >= 0.6 is 11.8 Å². The van der Waals surface area contributed by atoms with Crippen molar-refractivity contribution in [2.75, 3.05) is 26.7 Å². The molecule has 3 aromatic rings. The third kappa shape index (κ3) is 6.28. The number of carbonyl (C=O) groups is 1.